The lowest BCUT2D eigenvalue weighted by Gasteiger charge is -2.36. The Balaban J connectivity index is 1.41. The topological polar surface area (TPSA) is 119 Å². The molecule has 1 amide bonds. The summed E-state index contributed by atoms with van der Waals surface area (Å²) >= 11 is 0. The van der Waals surface area contributed by atoms with Crippen molar-refractivity contribution < 1.29 is 23.1 Å². The number of carbonyl (C=O) groups is 2. The Kier molecular flexibility index (Phi) is 9.33. The molecule has 0 radical (unpaired) electrons. The number of carbonyl (C=O) groups excluding carboxylic acids is 1. The number of piperazine rings is 1. The van der Waals surface area contributed by atoms with E-state index in [1.54, 1.807) is 13.8 Å². The molecule has 1 atom stereocenters. The maximum Gasteiger partial charge on any atom is 0.322 e. The molecule has 3 N–H and O–H groups in total. The lowest BCUT2D eigenvalue weighted by atomic mass is 10.0. The van der Waals surface area contributed by atoms with Gasteiger partial charge in [0.15, 0.2) is 0 Å². The Labute approximate surface area is 241 Å². The Hall–Kier alpha value is -3.91. The number of anilines is 1. The Bertz CT molecular complexity index is 1580. The number of hydrogen-bond acceptors (Lipinski definition) is 5. The van der Waals surface area contributed by atoms with Crippen LogP contribution in [0, 0.1) is 17.8 Å². The highest BCUT2D eigenvalue weighted by Gasteiger charge is 2.33. The zero-order chi connectivity index (χ0) is 29.7. The smallest absolute Gasteiger partial charge is 0.322 e. The second kappa shape index (κ2) is 12.7. The normalized spacial score (nSPS) is 15.0. The third-order valence-corrected chi connectivity index (χ3v) is 8.51. The Morgan fingerprint density at radius 3 is 2.12 bits per heavy atom. The van der Waals surface area contributed by atoms with E-state index in [-0.39, 0.29) is 31.0 Å². The van der Waals surface area contributed by atoms with Crippen LogP contribution in [0.5, 0.6) is 0 Å². The van der Waals surface area contributed by atoms with Crippen LogP contribution in [0.3, 0.4) is 0 Å². The van der Waals surface area contributed by atoms with Gasteiger partial charge in [-0.1, -0.05) is 43.9 Å². The number of amides is 1. The average Bonchev–Trinajstić information content (AvgIpc) is 2.94. The van der Waals surface area contributed by atoms with Crippen LogP contribution in [-0.2, 0) is 15.0 Å². The van der Waals surface area contributed by atoms with E-state index in [9.17, 15) is 23.1 Å². The number of nitrogens with zero attached hydrogens (tertiary/aromatic N) is 2. The summed E-state index contributed by atoms with van der Waals surface area (Å²) in [6, 6.07) is 18.2. The summed E-state index contributed by atoms with van der Waals surface area (Å²) in [6.07, 6.45) is 0. The van der Waals surface area contributed by atoms with E-state index >= 15 is 0 Å². The monoisotopic (exact) mass is 576 g/mol. The van der Waals surface area contributed by atoms with Crippen LogP contribution < -0.4 is 14.9 Å². The zero-order valence-corrected chi connectivity index (χ0v) is 24.5. The maximum atomic E-state index is 12.7. The zero-order valence-electron chi connectivity index (χ0n) is 23.7. The van der Waals surface area contributed by atoms with Gasteiger partial charge in [-0.25, -0.2) is 0 Å². The summed E-state index contributed by atoms with van der Waals surface area (Å²) in [5.74, 6) is 4.71. The highest BCUT2D eigenvalue weighted by molar-refractivity contribution is 7.87. The third kappa shape index (κ3) is 7.44. The summed E-state index contributed by atoms with van der Waals surface area (Å²) in [5.41, 5.74) is 3.21. The van der Waals surface area contributed by atoms with E-state index in [0.717, 1.165) is 27.6 Å². The second-order valence-electron chi connectivity index (χ2n) is 10.7. The number of fused-ring (bicyclic) bond motifs is 1. The average molecular weight is 577 g/mol. The maximum absolute atomic E-state index is 12.7. The number of rotatable bonds is 8. The summed E-state index contributed by atoms with van der Waals surface area (Å²) in [6.45, 7) is 8.66. The Morgan fingerprint density at radius 2 is 1.51 bits per heavy atom. The number of carboxylic acids is 1. The molecule has 0 unspecified atom stereocenters. The summed E-state index contributed by atoms with van der Waals surface area (Å²) in [5, 5.41) is 14.1. The van der Waals surface area contributed by atoms with Crippen LogP contribution in [0.1, 0.15) is 49.2 Å². The van der Waals surface area contributed by atoms with Crippen LogP contribution in [0.4, 0.5) is 5.69 Å². The van der Waals surface area contributed by atoms with Gasteiger partial charge in [-0.2, -0.15) is 17.4 Å². The number of aliphatic carboxylic acids is 1. The van der Waals surface area contributed by atoms with Gasteiger partial charge in [0.05, 0.1) is 0 Å². The number of benzene rings is 3. The largest absolute Gasteiger partial charge is 0.480 e. The van der Waals surface area contributed by atoms with E-state index in [2.05, 4.69) is 26.8 Å². The van der Waals surface area contributed by atoms with Gasteiger partial charge in [0, 0.05) is 54.6 Å². The van der Waals surface area contributed by atoms with Crippen LogP contribution in [0.25, 0.3) is 10.8 Å². The van der Waals surface area contributed by atoms with Gasteiger partial charge in [-0.3, -0.25) is 9.59 Å². The summed E-state index contributed by atoms with van der Waals surface area (Å²) in [7, 11) is -3.91. The molecule has 0 bridgehead atoms. The van der Waals surface area contributed by atoms with Gasteiger partial charge in [0.1, 0.15) is 6.04 Å². The lowest BCUT2D eigenvalue weighted by molar-refractivity contribution is -0.140. The predicted octanol–water partition coefficient (Wildman–Crippen LogP) is 3.44. The molecule has 4 rings (SSSR count). The van der Waals surface area contributed by atoms with E-state index in [4.69, 9.17) is 0 Å². The minimum absolute atomic E-state index is 0.0407. The van der Waals surface area contributed by atoms with Crippen molar-refractivity contribution in [3.63, 3.8) is 0 Å². The highest BCUT2D eigenvalue weighted by Crippen LogP contribution is 2.22. The van der Waals surface area contributed by atoms with E-state index in [1.165, 1.54) is 4.31 Å². The molecule has 9 nitrogen and oxygen atoms in total. The fourth-order valence-electron chi connectivity index (χ4n) is 4.68. The minimum Gasteiger partial charge on any atom is -0.480 e. The van der Waals surface area contributed by atoms with Crippen molar-refractivity contribution in [3.8, 4) is 11.8 Å². The molecule has 3 aromatic rings. The van der Waals surface area contributed by atoms with E-state index < -0.39 is 22.2 Å². The fraction of sp³-hybridized carbons (Fsp3) is 0.355. The molecule has 1 heterocycles. The van der Waals surface area contributed by atoms with Crippen molar-refractivity contribution in [1.82, 2.24) is 14.3 Å². The third-order valence-electron chi connectivity index (χ3n) is 6.92. The molecule has 0 aromatic heterocycles. The first-order chi connectivity index (χ1) is 19.4. The molecule has 0 saturated carbocycles. The first kappa shape index (κ1) is 30.1. The molecule has 1 aliphatic heterocycles. The van der Waals surface area contributed by atoms with Gasteiger partial charge in [0.25, 0.3) is 16.1 Å². The van der Waals surface area contributed by atoms with Gasteiger partial charge in [0.2, 0.25) is 0 Å². The number of hydrogen-bond donors (Lipinski definition) is 3. The van der Waals surface area contributed by atoms with Crippen molar-refractivity contribution in [3.05, 3.63) is 77.4 Å². The molecule has 0 spiro atoms. The highest BCUT2D eigenvalue weighted by atomic mass is 32.2. The SMILES string of the molecule is CC(C)NC(=O)c1cccc2ccc(C#Cc3ccc(N4CCN(S(=O)(=O)N[C@@H](C(=O)O)C(C)C)CC4)cc3)cc12. The molecule has 1 aliphatic rings. The molecule has 1 fully saturated rings. The van der Waals surface area contributed by atoms with E-state index in [1.807, 2.05) is 74.5 Å². The quantitative estimate of drug-likeness (QED) is 0.354. The van der Waals surface area contributed by atoms with Gasteiger partial charge in [-0.05, 0) is 73.0 Å². The van der Waals surface area contributed by atoms with Crippen molar-refractivity contribution in [2.75, 3.05) is 31.1 Å². The number of carboxylic acid groups (broad SMARTS) is 1. The molecular formula is C31H36N4O5S. The molecule has 3 aromatic carbocycles. The van der Waals surface area contributed by atoms with Crippen molar-refractivity contribution in [1.29, 1.82) is 0 Å². The van der Waals surface area contributed by atoms with Crippen LogP contribution in [0.2, 0.25) is 0 Å². The molecule has 10 heteroatoms. The van der Waals surface area contributed by atoms with Gasteiger partial charge in [-0.15, -0.1) is 0 Å². The molecule has 41 heavy (non-hydrogen) atoms. The van der Waals surface area contributed by atoms with Crippen molar-refractivity contribution >= 4 is 38.5 Å². The molecular weight excluding hydrogens is 540 g/mol. The van der Waals surface area contributed by atoms with Crippen molar-refractivity contribution in [2.24, 2.45) is 5.92 Å². The fourth-order valence-corrected chi connectivity index (χ4v) is 6.17. The minimum atomic E-state index is -3.91. The second-order valence-corrected chi connectivity index (χ2v) is 12.4. The summed E-state index contributed by atoms with van der Waals surface area (Å²) in [4.78, 5) is 26.2. The number of nitrogens with one attached hydrogen (secondary N) is 2. The molecule has 0 aliphatic carbocycles. The lowest BCUT2D eigenvalue weighted by Crippen LogP contribution is -2.55. The first-order valence-corrected chi connectivity index (χ1v) is 15.1. The molecule has 216 valence electrons. The predicted molar refractivity (Wildman–Crippen MR) is 161 cm³/mol. The molecule has 1 saturated heterocycles. The standard InChI is InChI=1S/C31H36N4O5S/c1-21(2)29(31(37)38)33-41(39,40)35-18-16-34(17-19-35)26-14-11-23(12-15-26)8-9-24-10-13-25-6-5-7-27(28(25)20-24)30(36)32-22(3)4/h5-7,10-15,20-22,29,33H,16-19H2,1-4H3,(H,32,36)(H,37,38)/t29-/m1/s1. The van der Waals surface area contributed by atoms with Crippen LogP contribution in [0.15, 0.2) is 60.7 Å². The van der Waals surface area contributed by atoms with Crippen molar-refractivity contribution in [2.45, 2.75) is 39.8 Å². The Morgan fingerprint density at radius 1 is 0.878 bits per heavy atom. The van der Waals surface area contributed by atoms with Crippen LogP contribution in [-0.4, -0.2) is 68.0 Å². The van der Waals surface area contributed by atoms with E-state index in [0.29, 0.717) is 18.7 Å². The first-order valence-electron chi connectivity index (χ1n) is 13.7. The van der Waals surface area contributed by atoms with Gasteiger partial charge < -0.3 is 15.3 Å². The van der Waals surface area contributed by atoms with Gasteiger partial charge >= 0.3 is 5.97 Å². The summed E-state index contributed by atoms with van der Waals surface area (Å²) < 4.78 is 29.1. The van der Waals surface area contributed by atoms with Crippen LogP contribution >= 0.6 is 0 Å².